The van der Waals surface area contributed by atoms with Crippen LogP contribution in [0.15, 0.2) is 12.7 Å². The van der Waals surface area contributed by atoms with Gasteiger partial charge in [-0.15, -0.1) is 6.58 Å². The Bertz CT molecular complexity index is 219. The highest BCUT2D eigenvalue weighted by molar-refractivity contribution is 6.87. The number of allylic oxidation sites excluding steroid dienone is 1. The molecule has 90 valence electrons. The average molecular weight is 263 g/mol. The van der Waals surface area contributed by atoms with Gasteiger partial charge in [-0.25, -0.2) is 0 Å². The van der Waals surface area contributed by atoms with E-state index in [9.17, 15) is 0 Å². The van der Waals surface area contributed by atoms with E-state index < -0.39 is 25.2 Å². The predicted octanol–water partition coefficient (Wildman–Crippen LogP) is 3.95. The van der Waals surface area contributed by atoms with Crippen LogP contribution in [0.1, 0.15) is 0 Å². The largest absolute Gasteiger partial charge is 0.437 e. The minimum Gasteiger partial charge on any atom is -0.437 e. The van der Waals surface area contributed by atoms with E-state index in [2.05, 4.69) is 52.4 Å². The number of rotatable bonds is 6. The molecule has 0 spiro atoms. The SMILES string of the molecule is C=CC[Si](C)(C)O[Si](C)(C)O[Si](C)(C)C. The van der Waals surface area contributed by atoms with Crippen molar-refractivity contribution in [3.63, 3.8) is 0 Å². The fourth-order valence-electron chi connectivity index (χ4n) is 1.81. The van der Waals surface area contributed by atoms with Gasteiger partial charge in [0.05, 0.1) is 0 Å². The van der Waals surface area contributed by atoms with E-state index in [-0.39, 0.29) is 0 Å². The van der Waals surface area contributed by atoms with E-state index in [1.165, 1.54) is 0 Å². The Kier molecular flexibility index (Phi) is 5.20. The van der Waals surface area contributed by atoms with Crippen LogP contribution in [0.25, 0.3) is 0 Å². The van der Waals surface area contributed by atoms with Crippen molar-refractivity contribution >= 4 is 25.2 Å². The first kappa shape index (κ1) is 15.3. The van der Waals surface area contributed by atoms with Crippen molar-refractivity contribution in [2.75, 3.05) is 0 Å². The fraction of sp³-hybridized carbons (Fsp3) is 0.800. The van der Waals surface area contributed by atoms with Gasteiger partial charge in [0.2, 0.25) is 0 Å². The Labute approximate surface area is 98.2 Å². The molecule has 0 unspecified atom stereocenters. The fourth-order valence-corrected chi connectivity index (χ4v) is 14.6. The van der Waals surface area contributed by atoms with Gasteiger partial charge in [0.1, 0.15) is 0 Å². The normalized spacial score (nSPS) is 14.1. The molecule has 0 heterocycles. The molecule has 15 heavy (non-hydrogen) atoms. The first-order chi connectivity index (χ1) is 6.47. The van der Waals surface area contributed by atoms with Gasteiger partial charge in [0, 0.05) is 0 Å². The van der Waals surface area contributed by atoms with Crippen molar-refractivity contribution < 1.29 is 8.23 Å². The number of hydrogen-bond acceptors (Lipinski definition) is 2. The van der Waals surface area contributed by atoms with Gasteiger partial charge < -0.3 is 8.23 Å². The summed E-state index contributed by atoms with van der Waals surface area (Å²) in [6, 6.07) is 0.999. The quantitative estimate of drug-likeness (QED) is 0.533. The summed E-state index contributed by atoms with van der Waals surface area (Å²) in [5, 5.41) is 0. The Morgan fingerprint density at radius 3 is 1.73 bits per heavy atom. The zero-order valence-corrected chi connectivity index (χ0v) is 14.3. The predicted molar refractivity (Wildman–Crippen MR) is 75.5 cm³/mol. The van der Waals surface area contributed by atoms with Crippen molar-refractivity contribution in [2.45, 2.75) is 51.9 Å². The second-order valence-corrected chi connectivity index (χ2v) is 18.6. The molecule has 0 saturated heterocycles. The standard InChI is InChI=1S/C10H26O2Si3/c1-9-10-14(5,6)12-15(7,8)11-13(2,3)4/h9H,1,10H2,2-8H3. The van der Waals surface area contributed by atoms with Crippen molar-refractivity contribution in [3.8, 4) is 0 Å². The van der Waals surface area contributed by atoms with E-state index in [1.54, 1.807) is 0 Å². The van der Waals surface area contributed by atoms with Crippen LogP contribution in [0.4, 0.5) is 0 Å². The Hall–Kier alpha value is 0.311. The van der Waals surface area contributed by atoms with E-state index in [0.29, 0.717) is 0 Å². The maximum absolute atomic E-state index is 6.26. The smallest absolute Gasteiger partial charge is 0.311 e. The van der Waals surface area contributed by atoms with Gasteiger partial charge in [-0.1, -0.05) is 6.08 Å². The van der Waals surface area contributed by atoms with Gasteiger partial charge in [0.15, 0.2) is 16.6 Å². The molecule has 0 aromatic heterocycles. The lowest BCUT2D eigenvalue weighted by molar-refractivity contribution is 0.393. The topological polar surface area (TPSA) is 18.5 Å². The van der Waals surface area contributed by atoms with Crippen LogP contribution in [0, 0.1) is 0 Å². The minimum atomic E-state index is -1.94. The van der Waals surface area contributed by atoms with Crippen LogP contribution >= 0.6 is 0 Å². The van der Waals surface area contributed by atoms with Gasteiger partial charge in [0.25, 0.3) is 0 Å². The molecule has 0 saturated carbocycles. The van der Waals surface area contributed by atoms with Crippen LogP contribution in [0.3, 0.4) is 0 Å². The molecule has 0 aromatic rings. The third-order valence-electron chi connectivity index (χ3n) is 1.71. The molecule has 5 heteroatoms. The third-order valence-corrected chi connectivity index (χ3v) is 11.6. The van der Waals surface area contributed by atoms with E-state index in [0.717, 1.165) is 6.04 Å². The molecular weight excluding hydrogens is 236 g/mol. The highest BCUT2D eigenvalue weighted by Crippen LogP contribution is 2.22. The van der Waals surface area contributed by atoms with Crippen molar-refractivity contribution in [1.29, 1.82) is 0 Å². The molecule has 0 atom stereocenters. The summed E-state index contributed by atoms with van der Waals surface area (Å²) in [5.41, 5.74) is 0. The van der Waals surface area contributed by atoms with Crippen LogP contribution in [0.5, 0.6) is 0 Å². The zero-order valence-electron chi connectivity index (χ0n) is 11.3. The maximum Gasteiger partial charge on any atom is 0.311 e. The molecule has 0 aliphatic rings. The molecule has 0 aliphatic heterocycles. The van der Waals surface area contributed by atoms with Crippen LogP contribution in [-0.2, 0) is 8.23 Å². The molecule has 0 bridgehead atoms. The van der Waals surface area contributed by atoms with Crippen molar-refractivity contribution in [1.82, 2.24) is 0 Å². The van der Waals surface area contributed by atoms with Crippen LogP contribution < -0.4 is 0 Å². The zero-order chi connectivity index (χ0) is 12.3. The van der Waals surface area contributed by atoms with E-state index >= 15 is 0 Å². The summed E-state index contributed by atoms with van der Waals surface area (Å²) in [6.07, 6.45) is 1.96. The monoisotopic (exact) mass is 262 g/mol. The van der Waals surface area contributed by atoms with Crippen molar-refractivity contribution in [2.24, 2.45) is 0 Å². The number of hydrogen-bond donors (Lipinski definition) is 0. The molecule has 0 aliphatic carbocycles. The average Bonchev–Trinajstić information content (AvgIpc) is 1.74. The lowest BCUT2D eigenvalue weighted by atomic mass is 10.8. The van der Waals surface area contributed by atoms with Gasteiger partial charge in [-0.2, -0.15) is 0 Å². The summed E-state index contributed by atoms with van der Waals surface area (Å²) >= 11 is 0. The Morgan fingerprint density at radius 2 is 1.40 bits per heavy atom. The second kappa shape index (κ2) is 5.09. The Morgan fingerprint density at radius 1 is 0.933 bits per heavy atom. The maximum atomic E-state index is 6.26. The third kappa shape index (κ3) is 8.15. The van der Waals surface area contributed by atoms with E-state index in [1.807, 2.05) is 6.08 Å². The van der Waals surface area contributed by atoms with Crippen molar-refractivity contribution in [3.05, 3.63) is 12.7 Å². The summed E-state index contributed by atoms with van der Waals surface area (Å²) in [4.78, 5) is 0. The van der Waals surface area contributed by atoms with Gasteiger partial charge in [-0.3, -0.25) is 0 Å². The molecule has 0 rings (SSSR count). The summed E-state index contributed by atoms with van der Waals surface area (Å²) < 4.78 is 12.4. The first-order valence-electron chi connectivity index (χ1n) is 5.49. The molecule has 0 aromatic carbocycles. The summed E-state index contributed by atoms with van der Waals surface area (Å²) in [7, 11) is -5.02. The molecule has 0 radical (unpaired) electrons. The Balaban J connectivity index is 4.42. The molecule has 0 amide bonds. The van der Waals surface area contributed by atoms with Gasteiger partial charge >= 0.3 is 8.56 Å². The molecular formula is C10H26O2Si3. The lowest BCUT2D eigenvalue weighted by Gasteiger charge is -2.37. The second-order valence-electron chi connectivity index (χ2n) is 5.97. The van der Waals surface area contributed by atoms with E-state index in [4.69, 9.17) is 8.23 Å². The minimum absolute atomic E-state index is 0.999. The highest BCUT2D eigenvalue weighted by atomic mass is 28.5. The first-order valence-corrected chi connectivity index (χ1v) is 14.8. The van der Waals surface area contributed by atoms with Crippen LogP contribution in [0.2, 0.25) is 51.9 Å². The lowest BCUT2D eigenvalue weighted by Crippen LogP contribution is -2.51. The molecule has 0 fully saturated rings. The van der Waals surface area contributed by atoms with Crippen LogP contribution in [-0.4, -0.2) is 25.2 Å². The summed E-state index contributed by atoms with van der Waals surface area (Å²) in [6.45, 7) is 19.2. The van der Waals surface area contributed by atoms with Gasteiger partial charge in [-0.05, 0) is 51.9 Å². The summed E-state index contributed by atoms with van der Waals surface area (Å²) in [5.74, 6) is 0. The molecule has 2 nitrogen and oxygen atoms in total. The highest BCUT2D eigenvalue weighted by Gasteiger charge is 2.37. The molecule has 0 N–H and O–H groups in total.